The van der Waals surface area contributed by atoms with Crippen molar-refractivity contribution in [1.29, 1.82) is 0 Å². The van der Waals surface area contributed by atoms with Gasteiger partial charge in [-0.25, -0.2) is 4.98 Å². The van der Waals surface area contributed by atoms with Crippen molar-refractivity contribution in [3.8, 4) is 5.75 Å². The number of hydrogen-bond acceptors (Lipinski definition) is 11. The molecule has 2 fully saturated rings. The number of rotatable bonds is 8. The molecular weight excluding hydrogens is 498 g/mol. The summed E-state index contributed by atoms with van der Waals surface area (Å²) in [6, 6.07) is 4.68. The van der Waals surface area contributed by atoms with Crippen molar-refractivity contribution in [3.63, 3.8) is 0 Å². The molecule has 4 aromatic heterocycles. The highest BCUT2D eigenvalue weighted by Crippen LogP contribution is 2.33. The molecular formula is C27H35N9O3. The van der Waals surface area contributed by atoms with Gasteiger partial charge in [-0.1, -0.05) is 5.16 Å². The molecule has 0 spiro atoms. The number of aryl methyl sites for hydroxylation is 1. The van der Waals surface area contributed by atoms with Gasteiger partial charge in [-0.15, -0.1) is 0 Å². The Labute approximate surface area is 226 Å². The maximum Gasteiger partial charge on any atom is 0.222 e. The number of ether oxygens (including phenoxy) is 2. The molecule has 6 heterocycles. The standard InChI is InChI=1S/C27H35N9O3/c1-17-11-20(34-39-17)14-30-26-25-22(32-27(28)33-26)15-31-36(25)16-23-24(37-2)12-19(13-29-23)18-3-7-35(8-4-18)21-5-9-38-10-6-21/h11-13,15,18,21H,3-10,14,16H2,1-2H3,(H3,28,30,32,33). The van der Waals surface area contributed by atoms with E-state index in [1.807, 2.05) is 23.9 Å². The predicted molar refractivity (Wildman–Crippen MR) is 146 cm³/mol. The zero-order valence-electron chi connectivity index (χ0n) is 22.5. The molecule has 0 bridgehead atoms. The number of nitrogen functional groups attached to an aromatic ring is 1. The summed E-state index contributed by atoms with van der Waals surface area (Å²) in [5.74, 6) is 2.73. The molecule has 2 saturated heterocycles. The summed E-state index contributed by atoms with van der Waals surface area (Å²) in [4.78, 5) is 16.3. The quantitative estimate of drug-likeness (QED) is 0.345. The summed E-state index contributed by atoms with van der Waals surface area (Å²) >= 11 is 0. The van der Waals surface area contributed by atoms with Gasteiger partial charge in [-0.2, -0.15) is 10.1 Å². The first-order chi connectivity index (χ1) is 19.1. The van der Waals surface area contributed by atoms with Gasteiger partial charge in [0.2, 0.25) is 5.95 Å². The van der Waals surface area contributed by atoms with E-state index in [0.717, 1.165) is 80.4 Å². The molecule has 3 N–H and O–H groups in total. The largest absolute Gasteiger partial charge is 0.495 e. The Balaban J connectivity index is 1.18. The third-order valence-corrected chi connectivity index (χ3v) is 7.80. The van der Waals surface area contributed by atoms with Crippen LogP contribution < -0.4 is 15.8 Å². The second-order valence-corrected chi connectivity index (χ2v) is 10.3. The number of anilines is 2. The lowest BCUT2D eigenvalue weighted by Gasteiger charge is -2.39. The SMILES string of the molecule is COc1cc(C2CCN(C3CCOCC3)CC2)cnc1Cn1ncc2nc(N)nc(NCc3cc(C)on3)c21. The van der Waals surface area contributed by atoms with Crippen molar-refractivity contribution in [3.05, 3.63) is 47.2 Å². The Bertz CT molecular complexity index is 1420. The minimum atomic E-state index is 0.170. The van der Waals surface area contributed by atoms with Gasteiger partial charge >= 0.3 is 0 Å². The molecule has 6 rings (SSSR count). The van der Waals surface area contributed by atoms with Crippen molar-refractivity contribution in [2.45, 2.75) is 57.7 Å². The molecule has 0 radical (unpaired) electrons. The summed E-state index contributed by atoms with van der Waals surface area (Å²) < 4.78 is 18.3. The zero-order chi connectivity index (χ0) is 26.8. The molecule has 0 amide bonds. The number of piperidine rings is 1. The van der Waals surface area contributed by atoms with E-state index in [-0.39, 0.29) is 5.95 Å². The second kappa shape index (κ2) is 11.1. The fraction of sp³-hybridized carbons (Fsp3) is 0.519. The molecule has 0 saturated carbocycles. The summed E-state index contributed by atoms with van der Waals surface area (Å²) in [7, 11) is 1.69. The summed E-state index contributed by atoms with van der Waals surface area (Å²) in [5, 5.41) is 11.9. The van der Waals surface area contributed by atoms with Crippen molar-refractivity contribution < 1.29 is 14.0 Å². The van der Waals surface area contributed by atoms with Crippen LogP contribution in [0.25, 0.3) is 11.0 Å². The number of fused-ring (bicyclic) bond motifs is 1. The second-order valence-electron chi connectivity index (χ2n) is 10.3. The molecule has 12 nitrogen and oxygen atoms in total. The van der Waals surface area contributed by atoms with E-state index < -0.39 is 0 Å². The number of likely N-dealkylation sites (tertiary alicyclic amines) is 1. The predicted octanol–water partition coefficient (Wildman–Crippen LogP) is 3.13. The van der Waals surface area contributed by atoms with Gasteiger partial charge in [0.25, 0.3) is 0 Å². The van der Waals surface area contributed by atoms with Crippen LogP contribution in [0.15, 0.2) is 29.0 Å². The third kappa shape index (κ3) is 5.52. The molecule has 2 aliphatic rings. The lowest BCUT2D eigenvalue weighted by Crippen LogP contribution is -2.43. The monoisotopic (exact) mass is 533 g/mol. The highest BCUT2D eigenvalue weighted by Gasteiger charge is 2.28. The molecule has 2 aliphatic heterocycles. The Morgan fingerprint density at radius 3 is 2.67 bits per heavy atom. The molecule has 0 aliphatic carbocycles. The van der Waals surface area contributed by atoms with E-state index in [1.165, 1.54) is 5.56 Å². The number of nitrogens with two attached hydrogens (primary N) is 1. The van der Waals surface area contributed by atoms with Crippen LogP contribution in [0.4, 0.5) is 11.8 Å². The Morgan fingerprint density at radius 2 is 1.92 bits per heavy atom. The number of nitrogens with zero attached hydrogens (tertiary/aromatic N) is 7. The van der Waals surface area contributed by atoms with Crippen LogP contribution in [-0.4, -0.2) is 74.2 Å². The van der Waals surface area contributed by atoms with E-state index in [1.54, 1.807) is 13.3 Å². The fourth-order valence-corrected chi connectivity index (χ4v) is 5.73. The first kappa shape index (κ1) is 25.5. The molecule has 39 heavy (non-hydrogen) atoms. The number of pyridine rings is 1. The van der Waals surface area contributed by atoms with E-state index in [0.29, 0.717) is 36.4 Å². The Kier molecular flexibility index (Phi) is 7.29. The summed E-state index contributed by atoms with van der Waals surface area (Å²) in [6.45, 7) is 6.69. The number of methoxy groups -OCH3 is 1. The van der Waals surface area contributed by atoms with E-state index in [9.17, 15) is 0 Å². The average Bonchev–Trinajstić information content (AvgIpc) is 3.58. The maximum atomic E-state index is 5.97. The van der Waals surface area contributed by atoms with Gasteiger partial charge < -0.3 is 29.9 Å². The van der Waals surface area contributed by atoms with Crippen LogP contribution in [0.5, 0.6) is 5.75 Å². The normalized spacial score (nSPS) is 17.6. The van der Waals surface area contributed by atoms with Crippen molar-refractivity contribution >= 4 is 22.8 Å². The van der Waals surface area contributed by atoms with Gasteiger partial charge in [-0.05, 0) is 63.2 Å². The van der Waals surface area contributed by atoms with Gasteiger partial charge in [0.05, 0.1) is 26.4 Å². The van der Waals surface area contributed by atoms with Gasteiger partial charge in [-0.3, -0.25) is 9.67 Å². The van der Waals surface area contributed by atoms with Crippen molar-refractivity contribution in [2.75, 3.05) is 44.5 Å². The number of nitrogens with one attached hydrogen (secondary N) is 1. The topological polar surface area (TPSA) is 142 Å². The van der Waals surface area contributed by atoms with Crippen LogP contribution in [0.2, 0.25) is 0 Å². The van der Waals surface area contributed by atoms with E-state index in [2.05, 4.69) is 36.5 Å². The molecule has 0 unspecified atom stereocenters. The summed E-state index contributed by atoms with van der Waals surface area (Å²) in [6.07, 6.45) is 8.23. The van der Waals surface area contributed by atoms with Crippen LogP contribution in [0.1, 0.15) is 54.3 Å². The lowest BCUT2D eigenvalue weighted by molar-refractivity contribution is 0.0251. The number of aromatic nitrogens is 6. The van der Waals surface area contributed by atoms with E-state index >= 15 is 0 Å². The maximum absolute atomic E-state index is 5.97. The van der Waals surface area contributed by atoms with Gasteiger partial charge in [0, 0.05) is 31.5 Å². The fourth-order valence-electron chi connectivity index (χ4n) is 5.73. The molecule has 206 valence electrons. The third-order valence-electron chi connectivity index (χ3n) is 7.80. The highest BCUT2D eigenvalue weighted by molar-refractivity contribution is 5.86. The number of hydrogen-bond donors (Lipinski definition) is 2. The highest BCUT2D eigenvalue weighted by atomic mass is 16.5. The average molecular weight is 534 g/mol. The van der Waals surface area contributed by atoms with Crippen LogP contribution in [-0.2, 0) is 17.8 Å². The van der Waals surface area contributed by atoms with Crippen LogP contribution in [0, 0.1) is 6.92 Å². The van der Waals surface area contributed by atoms with Gasteiger partial charge in [0.15, 0.2) is 5.82 Å². The van der Waals surface area contributed by atoms with Crippen LogP contribution >= 0.6 is 0 Å². The first-order valence-electron chi connectivity index (χ1n) is 13.6. The van der Waals surface area contributed by atoms with Gasteiger partial charge in [0.1, 0.15) is 33.9 Å². The van der Waals surface area contributed by atoms with Crippen LogP contribution in [0.3, 0.4) is 0 Å². The molecule has 4 aromatic rings. The smallest absolute Gasteiger partial charge is 0.222 e. The van der Waals surface area contributed by atoms with Crippen molar-refractivity contribution in [2.24, 2.45) is 0 Å². The lowest BCUT2D eigenvalue weighted by atomic mass is 9.89. The molecule has 0 aromatic carbocycles. The first-order valence-corrected chi connectivity index (χ1v) is 13.6. The molecule has 0 atom stereocenters. The Hall–Kier alpha value is -3.77. The summed E-state index contributed by atoms with van der Waals surface area (Å²) in [5.41, 5.74) is 10.1. The van der Waals surface area contributed by atoms with Crippen molar-refractivity contribution in [1.82, 2.24) is 34.8 Å². The molecule has 12 heteroatoms. The minimum absolute atomic E-state index is 0.170. The minimum Gasteiger partial charge on any atom is -0.495 e. The zero-order valence-corrected chi connectivity index (χ0v) is 22.5. The Morgan fingerprint density at radius 1 is 1.10 bits per heavy atom. The van der Waals surface area contributed by atoms with E-state index in [4.69, 9.17) is 24.7 Å².